The van der Waals surface area contributed by atoms with E-state index in [1.165, 1.54) is 0 Å². The summed E-state index contributed by atoms with van der Waals surface area (Å²) in [5.74, 6) is 0. The number of ether oxygens (including phenoxy) is 2. The van der Waals surface area contributed by atoms with Crippen molar-refractivity contribution < 1.29 is 19.4 Å². The first kappa shape index (κ1) is 13.0. The van der Waals surface area contributed by atoms with Crippen molar-refractivity contribution in [1.82, 2.24) is 4.90 Å². The van der Waals surface area contributed by atoms with Gasteiger partial charge in [-0.25, -0.2) is 0 Å². The van der Waals surface area contributed by atoms with Crippen LogP contribution in [0.25, 0.3) is 0 Å². The summed E-state index contributed by atoms with van der Waals surface area (Å²) in [5.41, 5.74) is -0.352. The zero-order chi connectivity index (χ0) is 12.1. The summed E-state index contributed by atoms with van der Waals surface area (Å²) in [6, 6.07) is 0. The molecule has 2 aliphatic rings. The Kier molecular flexibility index (Phi) is 4.50. The van der Waals surface area contributed by atoms with Crippen molar-refractivity contribution in [3.8, 4) is 0 Å². The van der Waals surface area contributed by atoms with E-state index in [0.29, 0.717) is 19.8 Å². The highest BCUT2D eigenvalue weighted by Gasteiger charge is 2.35. The molecule has 17 heavy (non-hydrogen) atoms. The lowest BCUT2D eigenvalue weighted by atomic mass is 9.83. The summed E-state index contributed by atoms with van der Waals surface area (Å²) < 4.78 is 10.8. The predicted octanol–water partition coefficient (Wildman–Crippen LogP) is -0.325. The highest BCUT2D eigenvalue weighted by Crippen LogP contribution is 2.28. The normalized spacial score (nSPS) is 35.7. The second-order valence-corrected chi connectivity index (χ2v) is 5.05. The largest absolute Gasteiger partial charge is 0.394 e. The third-order valence-corrected chi connectivity index (χ3v) is 3.57. The van der Waals surface area contributed by atoms with Gasteiger partial charge in [0.25, 0.3) is 0 Å². The topological polar surface area (TPSA) is 59.0 Å². The van der Waals surface area contributed by atoms with Gasteiger partial charge >= 0.3 is 0 Å². The molecule has 2 rings (SSSR count). The second-order valence-electron chi connectivity index (χ2n) is 5.05. The van der Waals surface area contributed by atoms with Gasteiger partial charge in [0.2, 0.25) is 0 Å². The molecule has 0 radical (unpaired) electrons. The van der Waals surface area contributed by atoms with Crippen LogP contribution in [0.2, 0.25) is 0 Å². The molecule has 2 aliphatic heterocycles. The Hall–Kier alpha value is -0.490. The third-order valence-electron chi connectivity index (χ3n) is 3.57. The van der Waals surface area contributed by atoms with Crippen LogP contribution in [0.1, 0.15) is 12.8 Å². The number of aldehydes is 1. The number of aliphatic hydroxyl groups excluding tert-OH is 1. The summed E-state index contributed by atoms with van der Waals surface area (Å²) in [7, 11) is 0. The number of carbonyl (C=O) groups excluding carboxylic acids is 1. The highest BCUT2D eigenvalue weighted by molar-refractivity contribution is 5.60. The van der Waals surface area contributed by atoms with Gasteiger partial charge in [-0.05, 0) is 12.8 Å². The van der Waals surface area contributed by atoms with Crippen molar-refractivity contribution in [1.29, 1.82) is 0 Å². The van der Waals surface area contributed by atoms with Crippen molar-refractivity contribution in [2.75, 3.05) is 46.1 Å². The van der Waals surface area contributed by atoms with E-state index in [2.05, 4.69) is 4.90 Å². The molecule has 2 atom stereocenters. The van der Waals surface area contributed by atoms with E-state index < -0.39 is 0 Å². The Labute approximate surface area is 102 Å². The molecule has 2 saturated heterocycles. The van der Waals surface area contributed by atoms with E-state index in [9.17, 15) is 4.79 Å². The van der Waals surface area contributed by atoms with E-state index in [1.807, 2.05) is 0 Å². The maximum absolute atomic E-state index is 11.3. The van der Waals surface area contributed by atoms with E-state index in [-0.39, 0.29) is 18.1 Å². The molecular weight excluding hydrogens is 222 g/mol. The molecule has 0 saturated carbocycles. The molecule has 0 amide bonds. The lowest BCUT2D eigenvalue weighted by Gasteiger charge is -2.39. The minimum Gasteiger partial charge on any atom is -0.394 e. The van der Waals surface area contributed by atoms with Crippen LogP contribution in [-0.2, 0) is 14.3 Å². The quantitative estimate of drug-likeness (QED) is 0.685. The van der Waals surface area contributed by atoms with Crippen LogP contribution in [0, 0.1) is 5.41 Å². The standard InChI is InChI=1S/C12H21NO4/c14-7-11-6-13(3-5-17-11)8-12(9-15)2-1-4-16-10-12/h9,11,14H,1-8,10H2. The van der Waals surface area contributed by atoms with Crippen LogP contribution in [-0.4, -0.2) is 68.5 Å². The maximum Gasteiger partial charge on any atom is 0.129 e. The Morgan fingerprint density at radius 1 is 1.47 bits per heavy atom. The van der Waals surface area contributed by atoms with Gasteiger partial charge in [-0.1, -0.05) is 0 Å². The van der Waals surface area contributed by atoms with Gasteiger partial charge in [-0.2, -0.15) is 0 Å². The van der Waals surface area contributed by atoms with Gasteiger partial charge in [-0.3, -0.25) is 4.90 Å². The second kappa shape index (κ2) is 5.91. The molecule has 2 fully saturated rings. The van der Waals surface area contributed by atoms with Crippen molar-refractivity contribution in [3.05, 3.63) is 0 Å². The number of morpholine rings is 1. The molecule has 2 unspecified atom stereocenters. The molecule has 0 aromatic rings. The molecule has 98 valence electrons. The zero-order valence-corrected chi connectivity index (χ0v) is 10.1. The molecule has 0 aromatic heterocycles. The van der Waals surface area contributed by atoms with Crippen molar-refractivity contribution in [2.45, 2.75) is 18.9 Å². The molecule has 5 nitrogen and oxygen atoms in total. The molecule has 2 heterocycles. The number of nitrogens with zero attached hydrogens (tertiary/aromatic N) is 1. The fourth-order valence-corrected chi connectivity index (χ4v) is 2.61. The Morgan fingerprint density at radius 3 is 3.00 bits per heavy atom. The minimum atomic E-state index is -0.352. The van der Waals surface area contributed by atoms with Gasteiger partial charge in [0.15, 0.2) is 0 Å². The van der Waals surface area contributed by atoms with Crippen LogP contribution in [0.15, 0.2) is 0 Å². The number of hydrogen-bond acceptors (Lipinski definition) is 5. The van der Waals surface area contributed by atoms with Gasteiger partial charge in [-0.15, -0.1) is 0 Å². The number of aliphatic hydroxyl groups is 1. The summed E-state index contributed by atoms with van der Waals surface area (Å²) >= 11 is 0. The predicted molar refractivity (Wildman–Crippen MR) is 61.8 cm³/mol. The Morgan fingerprint density at radius 2 is 2.35 bits per heavy atom. The fourth-order valence-electron chi connectivity index (χ4n) is 2.61. The fraction of sp³-hybridized carbons (Fsp3) is 0.917. The molecule has 0 aromatic carbocycles. The number of rotatable bonds is 4. The zero-order valence-electron chi connectivity index (χ0n) is 10.1. The summed E-state index contributed by atoms with van der Waals surface area (Å²) in [6.45, 7) is 4.20. The van der Waals surface area contributed by atoms with Gasteiger partial charge in [0.05, 0.1) is 31.3 Å². The lowest BCUT2D eigenvalue weighted by Crippen LogP contribution is -2.51. The van der Waals surface area contributed by atoms with Crippen molar-refractivity contribution in [2.24, 2.45) is 5.41 Å². The lowest BCUT2D eigenvalue weighted by molar-refractivity contribution is -0.129. The number of hydrogen-bond donors (Lipinski definition) is 1. The van der Waals surface area contributed by atoms with Crippen LogP contribution in [0.3, 0.4) is 0 Å². The van der Waals surface area contributed by atoms with Crippen LogP contribution in [0.4, 0.5) is 0 Å². The van der Waals surface area contributed by atoms with E-state index in [0.717, 1.165) is 38.8 Å². The van der Waals surface area contributed by atoms with Gasteiger partial charge < -0.3 is 19.4 Å². The minimum absolute atomic E-state index is 0.0427. The maximum atomic E-state index is 11.3. The molecule has 0 spiro atoms. The van der Waals surface area contributed by atoms with Crippen molar-refractivity contribution >= 4 is 6.29 Å². The summed E-state index contributed by atoms with van der Waals surface area (Å²) in [5, 5.41) is 9.09. The van der Waals surface area contributed by atoms with Crippen LogP contribution in [0.5, 0.6) is 0 Å². The van der Waals surface area contributed by atoms with E-state index in [1.54, 1.807) is 0 Å². The molecular formula is C12H21NO4. The van der Waals surface area contributed by atoms with Gasteiger partial charge in [0, 0.05) is 26.2 Å². The first-order valence-electron chi connectivity index (χ1n) is 6.27. The average molecular weight is 243 g/mol. The summed E-state index contributed by atoms with van der Waals surface area (Å²) in [4.78, 5) is 13.5. The number of carbonyl (C=O) groups is 1. The SMILES string of the molecule is O=CC1(CN2CCOC(CO)C2)CCCOC1. The van der Waals surface area contributed by atoms with Crippen LogP contribution < -0.4 is 0 Å². The van der Waals surface area contributed by atoms with Gasteiger partial charge in [0.1, 0.15) is 6.29 Å². The monoisotopic (exact) mass is 243 g/mol. The smallest absolute Gasteiger partial charge is 0.129 e. The first-order chi connectivity index (χ1) is 8.28. The molecule has 0 bridgehead atoms. The van der Waals surface area contributed by atoms with E-state index >= 15 is 0 Å². The molecule has 1 N–H and O–H groups in total. The average Bonchev–Trinajstić information content (AvgIpc) is 2.40. The van der Waals surface area contributed by atoms with Crippen LogP contribution >= 0.6 is 0 Å². The highest BCUT2D eigenvalue weighted by atomic mass is 16.5. The van der Waals surface area contributed by atoms with Crippen molar-refractivity contribution in [3.63, 3.8) is 0 Å². The van der Waals surface area contributed by atoms with E-state index in [4.69, 9.17) is 14.6 Å². The summed E-state index contributed by atoms with van der Waals surface area (Å²) in [6.07, 6.45) is 2.79. The molecule has 5 heteroatoms. The molecule has 0 aliphatic carbocycles. The Balaban J connectivity index is 1.91. The first-order valence-corrected chi connectivity index (χ1v) is 6.27. The Bertz CT molecular complexity index is 253. The third kappa shape index (κ3) is 3.25.